The molecule has 1 unspecified atom stereocenters. The Morgan fingerprint density at radius 2 is 1.82 bits per heavy atom. The molecule has 0 spiro atoms. The molecule has 2 aliphatic rings. The lowest BCUT2D eigenvalue weighted by Crippen LogP contribution is -2.43. The number of benzene rings is 1. The minimum atomic E-state index is -3.34. The number of pyridine rings is 2. The van der Waals surface area contributed by atoms with Gasteiger partial charge in [-0.25, -0.2) is 27.1 Å². The minimum Gasteiger partial charge on any atom is -0.493 e. The quantitative estimate of drug-likeness (QED) is 0.330. The van der Waals surface area contributed by atoms with Crippen molar-refractivity contribution in [2.24, 2.45) is 11.8 Å². The van der Waals surface area contributed by atoms with Gasteiger partial charge >= 0.3 is 0 Å². The van der Waals surface area contributed by atoms with E-state index in [4.69, 9.17) is 4.74 Å². The number of piperidine rings is 1. The molecule has 2 fully saturated rings. The van der Waals surface area contributed by atoms with Gasteiger partial charge < -0.3 is 9.72 Å². The highest BCUT2D eigenvalue weighted by atomic mass is 32.2. The predicted octanol–water partition coefficient (Wildman–Crippen LogP) is 5.64. The number of rotatable bonds is 7. The summed E-state index contributed by atoms with van der Waals surface area (Å²) >= 11 is 0. The summed E-state index contributed by atoms with van der Waals surface area (Å²) in [5, 5.41) is 2.26. The summed E-state index contributed by atoms with van der Waals surface area (Å²) in [7, 11) is -3.34. The number of sulfonamides is 1. The molecule has 1 aliphatic carbocycles. The Morgan fingerprint density at radius 3 is 2.63 bits per heavy atom. The van der Waals surface area contributed by atoms with Crippen molar-refractivity contribution in [2.75, 3.05) is 25.4 Å². The molecule has 38 heavy (non-hydrogen) atoms. The van der Waals surface area contributed by atoms with Gasteiger partial charge in [0.2, 0.25) is 10.0 Å². The Bertz CT molecular complexity index is 1510. The Hall–Kier alpha value is -3.04. The van der Waals surface area contributed by atoms with Gasteiger partial charge in [0.05, 0.1) is 24.1 Å². The van der Waals surface area contributed by atoms with Crippen LogP contribution in [0.2, 0.25) is 0 Å². The molecule has 4 heterocycles. The van der Waals surface area contributed by atoms with Crippen molar-refractivity contribution >= 4 is 32.0 Å². The maximum Gasteiger partial charge on any atom is 0.214 e. The summed E-state index contributed by atoms with van der Waals surface area (Å²) < 4.78 is 47.4. The van der Waals surface area contributed by atoms with Gasteiger partial charge in [-0.15, -0.1) is 0 Å². The van der Waals surface area contributed by atoms with Gasteiger partial charge in [0.1, 0.15) is 11.6 Å². The summed E-state index contributed by atoms with van der Waals surface area (Å²) in [5.74, 6) is 1.24. The molecule has 1 saturated heterocycles. The fourth-order valence-corrected chi connectivity index (χ4v) is 8.21. The third-order valence-electron chi connectivity index (χ3n) is 8.23. The van der Waals surface area contributed by atoms with Crippen molar-refractivity contribution < 1.29 is 17.5 Å². The number of nitrogens with one attached hydrogen (secondary N) is 1. The van der Waals surface area contributed by atoms with E-state index in [0.717, 1.165) is 55.1 Å². The predicted molar refractivity (Wildman–Crippen MR) is 146 cm³/mol. The first-order valence-corrected chi connectivity index (χ1v) is 15.1. The molecule has 6 rings (SSSR count). The van der Waals surface area contributed by atoms with Crippen molar-refractivity contribution in [3.63, 3.8) is 0 Å². The first-order valence-electron chi connectivity index (χ1n) is 13.5. The molecule has 4 aromatic rings. The monoisotopic (exact) mass is 536 g/mol. The topological polar surface area (TPSA) is 88.2 Å². The zero-order chi connectivity index (χ0) is 26.1. The molecule has 1 saturated carbocycles. The summed E-state index contributed by atoms with van der Waals surface area (Å²) in [4.78, 5) is 12.1. The van der Waals surface area contributed by atoms with Gasteiger partial charge in [0, 0.05) is 42.2 Å². The largest absolute Gasteiger partial charge is 0.493 e. The van der Waals surface area contributed by atoms with E-state index < -0.39 is 10.0 Å². The number of nitrogens with zero attached hydrogens (tertiary/aromatic N) is 3. The lowest BCUT2D eigenvalue weighted by molar-refractivity contribution is 0.179. The van der Waals surface area contributed by atoms with Crippen LogP contribution < -0.4 is 4.74 Å². The highest BCUT2D eigenvalue weighted by molar-refractivity contribution is 7.89. The van der Waals surface area contributed by atoms with Crippen LogP contribution in [0.5, 0.6) is 5.75 Å². The Morgan fingerprint density at radius 1 is 1.00 bits per heavy atom. The van der Waals surface area contributed by atoms with Crippen LogP contribution in [0.15, 0.2) is 55.0 Å². The second-order valence-corrected chi connectivity index (χ2v) is 12.8. The van der Waals surface area contributed by atoms with E-state index in [0.29, 0.717) is 31.4 Å². The number of halogens is 1. The summed E-state index contributed by atoms with van der Waals surface area (Å²) in [6.07, 6.45) is 11.2. The zero-order valence-corrected chi connectivity index (χ0v) is 22.2. The summed E-state index contributed by atoms with van der Waals surface area (Å²) in [6.45, 7) is 1.50. The first kappa shape index (κ1) is 25.2. The fourth-order valence-electron chi connectivity index (χ4n) is 6.23. The van der Waals surface area contributed by atoms with Gasteiger partial charge in [-0.2, -0.15) is 0 Å². The van der Waals surface area contributed by atoms with Crippen LogP contribution >= 0.6 is 0 Å². The molecule has 1 aliphatic heterocycles. The summed E-state index contributed by atoms with van der Waals surface area (Å²) in [6, 6.07) is 10.1. The van der Waals surface area contributed by atoms with E-state index >= 15 is 0 Å². The lowest BCUT2D eigenvalue weighted by atomic mass is 9.78. The molecule has 1 atom stereocenters. The number of hydrogen-bond acceptors (Lipinski definition) is 5. The smallest absolute Gasteiger partial charge is 0.214 e. The molecular weight excluding hydrogens is 503 g/mol. The van der Waals surface area contributed by atoms with Crippen LogP contribution in [-0.2, 0) is 10.0 Å². The maximum atomic E-state index is 13.4. The number of aromatic nitrogens is 3. The SMILES string of the molecule is O=S(=O)(CC1CCC(c2cc[nH]c3cnc4nccc4c23)CC1)N1CCCC(COc2ccc(F)cc2)C1. The molecule has 0 radical (unpaired) electrons. The third kappa shape index (κ3) is 5.27. The maximum absolute atomic E-state index is 13.4. The molecule has 200 valence electrons. The Labute approximate surface area is 222 Å². The van der Waals surface area contributed by atoms with E-state index in [1.54, 1.807) is 22.6 Å². The molecule has 1 aromatic carbocycles. The van der Waals surface area contributed by atoms with E-state index in [1.807, 2.05) is 18.5 Å². The molecule has 1 N–H and O–H groups in total. The van der Waals surface area contributed by atoms with Crippen molar-refractivity contribution in [1.82, 2.24) is 19.3 Å². The molecular formula is C29H33FN4O3S. The average Bonchev–Trinajstić information content (AvgIpc) is 3.42. The minimum absolute atomic E-state index is 0.138. The van der Waals surface area contributed by atoms with Gasteiger partial charge in [0.15, 0.2) is 5.65 Å². The molecule has 0 bridgehead atoms. The van der Waals surface area contributed by atoms with E-state index in [2.05, 4.69) is 21.0 Å². The van der Waals surface area contributed by atoms with Gasteiger partial charge in [-0.05, 0) is 92.3 Å². The molecule has 0 amide bonds. The number of fused-ring (bicyclic) bond motifs is 3. The van der Waals surface area contributed by atoms with Crippen molar-refractivity contribution in [1.29, 1.82) is 0 Å². The van der Waals surface area contributed by atoms with E-state index in [1.165, 1.54) is 23.1 Å². The first-order chi connectivity index (χ1) is 18.5. The van der Waals surface area contributed by atoms with E-state index in [9.17, 15) is 12.8 Å². The molecule has 7 nitrogen and oxygen atoms in total. The molecule has 3 aromatic heterocycles. The van der Waals surface area contributed by atoms with Crippen LogP contribution in [0.3, 0.4) is 0 Å². The van der Waals surface area contributed by atoms with Crippen LogP contribution in [0.1, 0.15) is 50.0 Å². The van der Waals surface area contributed by atoms with Crippen molar-refractivity contribution in [3.8, 4) is 5.75 Å². The van der Waals surface area contributed by atoms with Crippen LogP contribution in [0.4, 0.5) is 4.39 Å². The normalized spacial score (nSPS) is 23.1. The molecule has 9 heteroatoms. The number of hydrogen-bond donors (Lipinski definition) is 1. The highest BCUT2D eigenvalue weighted by Gasteiger charge is 2.33. The van der Waals surface area contributed by atoms with Crippen LogP contribution in [0, 0.1) is 17.7 Å². The summed E-state index contributed by atoms with van der Waals surface area (Å²) in [5.41, 5.74) is 3.08. The Balaban J connectivity index is 1.07. The standard InChI is InChI=1S/C29H33FN4O3S/c30-23-7-9-24(10-8-23)37-18-21-2-1-15-34(17-21)38(35,36)19-20-3-5-22(6-4-20)25-11-13-31-27-16-33-29-26(28(25)27)12-14-32-29/h7-14,16,20-22,31H,1-6,15,17-19H2. The lowest BCUT2D eigenvalue weighted by Gasteiger charge is -2.34. The third-order valence-corrected chi connectivity index (χ3v) is 10.2. The number of ether oxygens (including phenoxy) is 1. The number of H-pyrrole nitrogens is 1. The highest BCUT2D eigenvalue weighted by Crippen LogP contribution is 2.40. The van der Waals surface area contributed by atoms with Gasteiger partial charge in [-0.1, -0.05) is 0 Å². The second kappa shape index (κ2) is 10.6. The van der Waals surface area contributed by atoms with E-state index in [-0.39, 0.29) is 23.4 Å². The van der Waals surface area contributed by atoms with Gasteiger partial charge in [-0.3, -0.25) is 0 Å². The van der Waals surface area contributed by atoms with Crippen LogP contribution in [-0.4, -0.2) is 53.1 Å². The number of aromatic amines is 1. The zero-order valence-electron chi connectivity index (χ0n) is 21.4. The van der Waals surface area contributed by atoms with Crippen LogP contribution in [0.25, 0.3) is 21.9 Å². The Kier molecular flexibility index (Phi) is 7.05. The van der Waals surface area contributed by atoms with Crippen molar-refractivity contribution in [3.05, 3.63) is 66.4 Å². The van der Waals surface area contributed by atoms with Crippen molar-refractivity contribution in [2.45, 2.75) is 44.4 Å². The fraction of sp³-hybridized carbons (Fsp3) is 0.448. The average molecular weight is 537 g/mol. The van der Waals surface area contributed by atoms with Gasteiger partial charge in [0.25, 0.3) is 0 Å². The second-order valence-electron chi connectivity index (χ2n) is 10.8.